The van der Waals surface area contributed by atoms with Crippen LogP contribution in [-0.4, -0.2) is 37.4 Å². The third kappa shape index (κ3) is 8.01. The highest BCUT2D eigenvalue weighted by Gasteiger charge is 2.27. The molecule has 6 nitrogen and oxygen atoms in total. The lowest BCUT2D eigenvalue weighted by Gasteiger charge is -2.24. The summed E-state index contributed by atoms with van der Waals surface area (Å²) >= 11 is 6.45. The van der Waals surface area contributed by atoms with E-state index < -0.39 is 12.2 Å². The van der Waals surface area contributed by atoms with Crippen LogP contribution < -0.4 is 9.47 Å². The fraction of sp³-hybridized carbons (Fsp3) is 0.500. The van der Waals surface area contributed by atoms with Crippen LogP contribution in [0.15, 0.2) is 42.5 Å². The lowest BCUT2D eigenvalue weighted by atomic mass is 10.00. The number of hydrogen-bond acceptors (Lipinski definition) is 6. The minimum Gasteiger partial charge on any atom is -0.477 e. The Labute approximate surface area is 236 Å². The summed E-state index contributed by atoms with van der Waals surface area (Å²) in [6.07, 6.45) is 4.53. The Hall–Kier alpha value is -2.99. The molecule has 3 aromatic carbocycles. The minimum atomic E-state index is -0.759. The molecule has 0 saturated heterocycles. The molecule has 0 saturated carbocycles. The van der Waals surface area contributed by atoms with E-state index in [2.05, 4.69) is 13.8 Å². The van der Waals surface area contributed by atoms with Gasteiger partial charge in [0.1, 0.15) is 11.5 Å². The van der Waals surface area contributed by atoms with Gasteiger partial charge in [-0.15, -0.1) is 0 Å². The largest absolute Gasteiger partial charge is 0.477 e. The van der Waals surface area contributed by atoms with E-state index in [9.17, 15) is 9.59 Å². The van der Waals surface area contributed by atoms with Crippen LogP contribution in [0.4, 0.5) is 0 Å². The van der Waals surface area contributed by atoms with Crippen molar-refractivity contribution < 1.29 is 28.5 Å². The summed E-state index contributed by atoms with van der Waals surface area (Å²) in [7, 11) is 0. The molecule has 0 bridgehead atoms. The number of unbranched alkanes of at least 4 members (excludes halogenated alkanes) is 2. The zero-order valence-electron chi connectivity index (χ0n) is 23.6. The van der Waals surface area contributed by atoms with Crippen molar-refractivity contribution >= 4 is 45.1 Å². The first-order valence-electron chi connectivity index (χ1n) is 14.3. The molecular weight excluding hydrogens is 516 g/mol. The molecule has 3 aromatic rings. The average Bonchev–Trinajstić information content (AvgIpc) is 2.93. The summed E-state index contributed by atoms with van der Waals surface area (Å²) in [6.45, 7) is 8.86. The average molecular weight is 557 g/mol. The number of carbonyl (C=O) groups is 2. The van der Waals surface area contributed by atoms with Gasteiger partial charge in [-0.25, -0.2) is 9.59 Å². The highest BCUT2D eigenvalue weighted by Crippen LogP contribution is 2.44. The number of fused-ring (bicyclic) bond motifs is 2. The molecule has 0 radical (unpaired) electrons. The molecule has 39 heavy (non-hydrogen) atoms. The molecule has 0 aromatic heterocycles. The molecule has 0 amide bonds. The topological polar surface area (TPSA) is 71.1 Å². The van der Waals surface area contributed by atoms with Gasteiger partial charge in [0.25, 0.3) is 0 Å². The van der Waals surface area contributed by atoms with Gasteiger partial charge in [0.05, 0.1) is 13.2 Å². The Kier molecular flexibility index (Phi) is 12.2. The summed E-state index contributed by atoms with van der Waals surface area (Å²) in [4.78, 5) is 25.9. The SMILES string of the molecule is CCCCOC(=O)C(CCC)Oc1c2ccccc2c(OC(CCC)C(=O)OCCCC)c2cc(Cl)ccc12. The number of hydrogen-bond donors (Lipinski definition) is 0. The minimum absolute atomic E-state index is 0.366. The van der Waals surface area contributed by atoms with E-state index >= 15 is 0 Å². The standard InChI is InChI=1S/C32H41ClO6/c1-5-9-19-36-31(34)27(13-7-3)38-29-23-15-11-12-16-24(23)30(26-21-22(33)17-18-25(26)29)39-28(14-8-4)32(35)37-20-10-6-2/h11-12,15-18,21,27-28H,5-10,13-14,19-20H2,1-4H3. The van der Waals surface area contributed by atoms with E-state index in [1.54, 1.807) is 6.07 Å². The van der Waals surface area contributed by atoms with Gasteiger partial charge in [-0.05, 0) is 43.9 Å². The van der Waals surface area contributed by atoms with Crippen molar-refractivity contribution in [3.8, 4) is 11.5 Å². The van der Waals surface area contributed by atoms with Crippen LogP contribution in [0.2, 0.25) is 5.02 Å². The molecule has 2 unspecified atom stereocenters. The Balaban J connectivity index is 2.11. The number of ether oxygens (including phenoxy) is 4. The third-order valence-electron chi connectivity index (χ3n) is 6.52. The highest BCUT2D eigenvalue weighted by atomic mass is 35.5. The third-order valence-corrected chi connectivity index (χ3v) is 6.75. The molecular formula is C32H41ClO6. The lowest BCUT2D eigenvalue weighted by molar-refractivity contribution is -0.153. The second-order valence-corrected chi connectivity index (χ2v) is 10.2. The maximum absolute atomic E-state index is 13.0. The van der Waals surface area contributed by atoms with Crippen LogP contribution in [0.25, 0.3) is 21.5 Å². The molecule has 0 aliphatic rings. The van der Waals surface area contributed by atoms with E-state index in [1.807, 2.05) is 50.2 Å². The first kappa shape index (κ1) is 30.6. The van der Waals surface area contributed by atoms with Crippen molar-refractivity contribution in [2.45, 2.75) is 91.3 Å². The van der Waals surface area contributed by atoms with Crippen molar-refractivity contribution in [3.05, 3.63) is 47.5 Å². The number of carbonyl (C=O) groups excluding carboxylic acids is 2. The molecule has 0 N–H and O–H groups in total. The van der Waals surface area contributed by atoms with E-state index in [-0.39, 0.29) is 11.9 Å². The Morgan fingerprint density at radius 2 is 1.13 bits per heavy atom. The number of rotatable bonds is 16. The van der Waals surface area contributed by atoms with Crippen LogP contribution in [-0.2, 0) is 19.1 Å². The van der Waals surface area contributed by atoms with Crippen molar-refractivity contribution in [3.63, 3.8) is 0 Å². The first-order chi connectivity index (χ1) is 18.9. The zero-order chi connectivity index (χ0) is 28.2. The van der Waals surface area contributed by atoms with Crippen molar-refractivity contribution in [1.29, 1.82) is 0 Å². The van der Waals surface area contributed by atoms with E-state index in [1.165, 1.54) is 0 Å². The fourth-order valence-corrected chi connectivity index (χ4v) is 4.58. The van der Waals surface area contributed by atoms with Gasteiger partial charge in [-0.2, -0.15) is 0 Å². The fourth-order valence-electron chi connectivity index (χ4n) is 4.40. The number of esters is 2. The quantitative estimate of drug-likeness (QED) is 0.100. The van der Waals surface area contributed by atoms with Gasteiger partial charge in [0.2, 0.25) is 0 Å². The molecule has 3 rings (SSSR count). The van der Waals surface area contributed by atoms with Gasteiger partial charge in [0, 0.05) is 26.6 Å². The van der Waals surface area contributed by atoms with Crippen molar-refractivity contribution in [2.75, 3.05) is 13.2 Å². The number of halogens is 1. The summed E-state index contributed by atoms with van der Waals surface area (Å²) in [5.74, 6) is 0.365. The van der Waals surface area contributed by atoms with Crippen LogP contribution >= 0.6 is 11.6 Å². The maximum atomic E-state index is 13.0. The summed E-state index contributed by atoms with van der Waals surface area (Å²) in [5.41, 5.74) is 0. The molecule has 0 heterocycles. The maximum Gasteiger partial charge on any atom is 0.347 e. The van der Waals surface area contributed by atoms with E-state index in [0.29, 0.717) is 48.0 Å². The molecule has 0 spiro atoms. The second kappa shape index (κ2) is 15.6. The molecule has 0 fully saturated rings. The molecule has 0 aliphatic carbocycles. The Morgan fingerprint density at radius 3 is 1.59 bits per heavy atom. The summed E-state index contributed by atoms with van der Waals surface area (Å²) in [5, 5.41) is 3.51. The van der Waals surface area contributed by atoms with Gasteiger partial charge < -0.3 is 18.9 Å². The Morgan fingerprint density at radius 1 is 0.667 bits per heavy atom. The molecule has 2 atom stereocenters. The zero-order valence-corrected chi connectivity index (χ0v) is 24.4. The smallest absolute Gasteiger partial charge is 0.347 e. The molecule has 7 heteroatoms. The Bertz CT molecular complexity index is 1240. The summed E-state index contributed by atoms with van der Waals surface area (Å²) < 4.78 is 24.0. The summed E-state index contributed by atoms with van der Waals surface area (Å²) in [6, 6.07) is 13.1. The predicted molar refractivity (Wildman–Crippen MR) is 157 cm³/mol. The van der Waals surface area contributed by atoms with Gasteiger partial charge in [-0.1, -0.05) is 89.2 Å². The van der Waals surface area contributed by atoms with Gasteiger partial charge >= 0.3 is 11.9 Å². The van der Waals surface area contributed by atoms with Gasteiger partial charge in [0.15, 0.2) is 12.2 Å². The highest BCUT2D eigenvalue weighted by molar-refractivity contribution is 6.31. The van der Waals surface area contributed by atoms with Crippen molar-refractivity contribution in [2.24, 2.45) is 0 Å². The monoisotopic (exact) mass is 556 g/mol. The van der Waals surface area contributed by atoms with Crippen LogP contribution in [0.3, 0.4) is 0 Å². The lowest BCUT2D eigenvalue weighted by Crippen LogP contribution is -2.30. The normalized spacial score (nSPS) is 12.7. The molecule has 0 aliphatic heterocycles. The van der Waals surface area contributed by atoms with E-state index in [4.69, 9.17) is 30.5 Å². The first-order valence-corrected chi connectivity index (χ1v) is 14.6. The van der Waals surface area contributed by atoms with Crippen molar-refractivity contribution in [1.82, 2.24) is 0 Å². The van der Waals surface area contributed by atoms with Crippen LogP contribution in [0, 0.1) is 0 Å². The number of benzene rings is 3. The molecule has 212 valence electrons. The van der Waals surface area contributed by atoms with Crippen LogP contribution in [0.1, 0.15) is 79.1 Å². The van der Waals surface area contributed by atoms with Crippen LogP contribution in [0.5, 0.6) is 11.5 Å². The van der Waals surface area contributed by atoms with E-state index in [0.717, 1.165) is 54.7 Å². The van der Waals surface area contributed by atoms with Gasteiger partial charge in [-0.3, -0.25) is 0 Å². The second-order valence-electron chi connectivity index (χ2n) is 9.73. The predicted octanol–water partition coefficient (Wildman–Crippen LogP) is 8.43.